The van der Waals surface area contributed by atoms with Gasteiger partial charge in [-0.2, -0.15) is 0 Å². The number of hydrogen-bond donors (Lipinski definition) is 4. The summed E-state index contributed by atoms with van der Waals surface area (Å²) in [4.78, 5) is 12.3. The standard InChI is InChI=1S/C14H21N5O4/c1-7(2)3-14(11(22)10(21)8(4-20)23-14)19-6-18-9-12(15)16-5-17-13(9)19/h5-8,10-11,20-22H,3-4H2,1-2H3,(H2,15,16,17)/t8-,10-,11-,14-/m1/s1. The fraction of sp³-hybridized carbons (Fsp3) is 0.643. The SMILES string of the molecule is CC(C)C[C@@]1(n2cnc3c(N)ncnc32)O[C@H](CO)[C@@H](O)[C@H]1O. The van der Waals surface area contributed by atoms with Crippen molar-refractivity contribution in [2.75, 3.05) is 12.3 Å². The second-order valence-electron chi connectivity index (χ2n) is 6.26. The molecule has 2 aromatic heterocycles. The van der Waals surface area contributed by atoms with Crippen molar-refractivity contribution in [2.24, 2.45) is 5.92 Å². The molecule has 126 valence electrons. The maximum absolute atomic E-state index is 10.6. The van der Waals surface area contributed by atoms with Crippen molar-refractivity contribution in [3.05, 3.63) is 12.7 Å². The molecule has 0 saturated carbocycles. The van der Waals surface area contributed by atoms with E-state index in [0.29, 0.717) is 17.6 Å². The molecule has 1 aliphatic heterocycles. The second kappa shape index (κ2) is 5.68. The van der Waals surface area contributed by atoms with E-state index < -0.39 is 30.6 Å². The van der Waals surface area contributed by atoms with Crippen LogP contribution in [0.5, 0.6) is 0 Å². The molecular weight excluding hydrogens is 302 g/mol. The first-order valence-electron chi connectivity index (χ1n) is 7.49. The molecule has 0 amide bonds. The van der Waals surface area contributed by atoms with Crippen LogP contribution in [0.15, 0.2) is 12.7 Å². The van der Waals surface area contributed by atoms with Gasteiger partial charge in [-0.15, -0.1) is 0 Å². The Kier molecular flexibility index (Phi) is 3.96. The molecule has 9 nitrogen and oxygen atoms in total. The maximum Gasteiger partial charge on any atom is 0.176 e. The summed E-state index contributed by atoms with van der Waals surface area (Å²) in [5.74, 6) is 0.367. The summed E-state index contributed by atoms with van der Waals surface area (Å²) in [6.45, 7) is 3.54. The van der Waals surface area contributed by atoms with E-state index >= 15 is 0 Å². The lowest BCUT2D eigenvalue weighted by molar-refractivity contribution is -0.156. The van der Waals surface area contributed by atoms with Crippen LogP contribution in [0.25, 0.3) is 11.2 Å². The number of aliphatic hydroxyl groups excluding tert-OH is 3. The Hall–Kier alpha value is -1.81. The van der Waals surface area contributed by atoms with Gasteiger partial charge in [-0.05, 0) is 5.92 Å². The first-order valence-corrected chi connectivity index (χ1v) is 7.49. The molecule has 0 aromatic carbocycles. The fourth-order valence-electron chi connectivity index (χ4n) is 3.20. The predicted octanol–water partition coefficient (Wildman–Crippen LogP) is -0.780. The first kappa shape index (κ1) is 16.1. The molecule has 1 saturated heterocycles. The summed E-state index contributed by atoms with van der Waals surface area (Å²) in [7, 11) is 0. The average Bonchev–Trinajstić information content (AvgIpc) is 3.04. The van der Waals surface area contributed by atoms with Crippen molar-refractivity contribution in [1.29, 1.82) is 0 Å². The van der Waals surface area contributed by atoms with Crippen LogP contribution in [-0.4, -0.2) is 59.8 Å². The molecule has 3 heterocycles. The summed E-state index contributed by atoms with van der Waals surface area (Å²) in [6, 6.07) is 0. The van der Waals surface area contributed by atoms with E-state index in [-0.39, 0.29) is 11.7 Å². The zero-order valence-corrected chi connectivity index (χ0v) is 13.0. The number of fused-ring (bicyclic) bond motifs is 1. The van der Waals surface area contributed by atoms with E-state index in [2.05, 4.69) is 15.0 Å². The predicted molar refractivity (Wildman–Crippen MR) is 81.1 cm³/mol. The van der Waals surface area contributed by atoms with E-state index in [1.807, 2.05) is 13.8 Å². The molecule has 0 aliphatic carbocycles. The van der Waals surface area contributed by atoms with Gasteiger partial charge in [-0.1, -0.05) is 13.8 Å². The van der Waals surface area contributed by atoms with E-state index in [0.717, 1.165) is 0 Å². The third-order valence-corrected chi connectivity index (χ3v) is 4.17. The van der Waals surface area contributed by atoms with Gasteiger partial charge in [0.05, 0.1) is 12.9 Å². The summed E-state index contributed by atoms with van der Waals surface area (Å²) in [5, 5.41) is 30.3. The number of nitrogen functional groups attached to an aromatic ring is 1. The second-order valence-corrected chi connectivity index (χ2v) is 6.26. The van der Waals surface area contributed by atoms with Gasteiger partial charge in [0.25, 0.3) is 0 Å². The van der Waals surface area contributed by atoms with Crippen molar-refractivity contribution in [1.82, 2.24) is 19.5 Å². The van der Waals surface area contributed by atoms with Crippen LogP contribution in [0.1, 0.15) is 20.3 Å². The highest BCUT2D eigenvalue weighted by molar-refractivity contribution is 5.81. The van der Waals surface area contributed by atoms with Gasteiger partial charge in [0.15, 0.2) is 17.2 Å². The third-order valence-electron chi connectivity index (χ3n) is 4.17. The largest absolute Gasteiger partial charge is 0.394 e. The zero-order valence-electron chi connectivity index (χ0n) is 13.0. The molecule has 1 fully saturated rings. The molecule has 0 spiro atoms. The molecular formula is C14H21N5O4. The number of anilines is 1. The molecule has 0 unspecified atom stereocenters. The number of hydrogen-bond acceptors (Lipinski definition) is 8. The molecule has 5 N–H and O–H groups in total. The van der Waals surface area contributed by atoms with Gasteiger partial charge in [0.1, 0.15) is 30.2 Å². The van der Waals surface area contributed by atoms with Crippen molar-refractivity contribution in [3.63, 3.8) is 0 Å². The number of imidazole rings is 1. The quantitative estimate of drug-likeness (QED) is 0.574. The molecule has 3 rings (SSSR count). The molecule has 1 aliphatic rings. The van der Waals surface area contributed by atoms with Gasteiger partial charge in [-0.3, -0.25) is 4.57 Å². The molecule has 4 atom stereocenters. The number of nitrogens with two attached hydrogens (primary N) is 1. The molecule has 9 heteroatoms. The Balaban J connectivity index is 2.18. The highest BCUT2D eigenvalue weighted by Gasteiger charge is 2.56. The molecule has 0 bridgehead atoms. The minimum Gasteiger partial charge on any atom is -0.394 e. The van der Waals surface area contributed by atoms with Gasteiger partial charge >= 0.3 is 0 Å². The number of aliphatic hydroxyl groups is 3. The summed E-state index contributed by atoms with van der Waals surface area (Å²) < 4.78 is 7.47. The molecule has 2 aromatic rings. The van der Waals surface area contributed by atoms with Crippen LogP contribution in [0.2, 0.25) is 0 Å². The first-order chi connectivity index (χ1) is 10.9. The van der Waals surface area contributed by atoms with Crippen molar-refractivity contribution in [2.45, 2.75) is 44.3 Å². The normalized spacial score (nSPS) is 31.3. The minimum atomic E-state index is -1.28. The van der Waals surface area contributed by atoms with E-state index in [1.165, 1.54) is 12.7 Å². The molecule has 0 radical (unpaired) electrons. The lowest BCUT2D eigenvalue weighted by Crippen LogP contribution is -2.46. The lowest BCUT2D eigenvalue weighted by atomic mass is 9.93. The Morgan fingerprint density at radius 3 is 2.70 bits per heavy atom. The lowest BCUT2D eigenvalue weighted by Gasteiger charge is -2.35. The number of aromatic nitrogens is 4. The number of rotatable bonds is 4. The summed E-state index contributed by atoms with van der Waals surface area (Å²) >= 11 is 0. The van der Waals surface area contributed by atoms with Gasteiger partial charge in [-0.25, -0.2) is 15.0 Å². The van der Waals surface area contributed by atoms with E-state index in [4.69, 9.17) is 10.5 Å². The fourth-order valence-corrected chi connectivity index (χ4v) is 3.20. The van der Waals surface area contributed by atoms with Crippen LogP contribution >= 0.6 is 0 Å². The highest BCUT2D eigenvalue weighted by Crippen LogP contribution is 2.42. The third kappa shape index (κ3) is 2.36. The van der Waals surface area contributed by atoms with Crippen molar-refractivity contribution in [3.8, 4) is 0 Å². The highest BCUT2D eigenvalue weighted by atomic mass is 16.6. The van der Waals surface area contributed by atoms with E-state index in [9.17, 15) is 15.3 Å². The Morgan fingerprint density at radius 2 is 2.09 bits per heavy atom. The number of ether oxygens (including phenoxy) is 1. The van der Waals surface area contributed by atoms with E-state index in [1.54, 1.807) is 4.57 Å². The Morgan fingerprint density at radius 1 is 1.35 bits per heavy atom. The molecule has 23 heavy (non-hydrogen) atoms. The van der Waals surface area contributed by atoms with Crippen molar-refractivity contribution < 1.29 is 20.1 Å². The van der Waals surface area contributed by atoms with Crippen LogP contribution in [-0.2, 0) is 10.5 Å². The Labute approximate surface area is 132 Å². The maximum atomic E-state index is 10.6. The van der Waals surface area contributed by atoms with Crippen LogP contribution in [0.4, 0.5) is 5.82 Å². The number of nitrogens with zero attached hydrogens (tertiary/aromatic N) is 4. The van der Waals surface area contributed by atoms with Crippen molar-refractivity contribution >= 4 is 17.0 Å². The monoisotopic (exact) mass is 323 g/mol. The van der Waals surface area contributed by atoms with Gasteiger partial charge < -0.3 is 25.8 Å². The average molecular weight is 323 g/mol. The Bertz CT molecular complexity index is 706. The smallest absolute Gasteiger partial charge is 0.176 e. The minimum absolute atomic E-state index is 0.144. The summed E-state index contributed by atoms with van der Waals surface area (Å²) in [6.07, 6.45) is -0.170. The topological polar surface area (TPSA) is 140 Å². The summed E-state index contributed by atoms with van der Waals surface area (Å²) in [5.41, 5.74) is 5.33. The van der Waals surface area contributed by atoms with Gasteiger partial charge in [0.2, 0.25) is 0 Å². The van der Waals surface area contributed by atoms with Crippen LogP contribution in [0, 0.1) is 5.92 Å². The van der Waals surface area contributed by atoms with Gasteiger partial charge in [0, 0.05) is 6.42 Å². The zero-order chi connectivity index (χ0) is 16.8. The van der Waals surface area contributed by atoms with Crippen LogP contribution in [0.3, 0.4) is 0 Å². The van der Waals surface area contributed by atoms with Crippen LogP contribution < -0.4 is 5.73 Å².